The van der Waals surface area contributed by atoms with Crippen LogP contribution in [-0.4, -0.2) is 37.2 Å². The molecule has 0 saturated heterocycles. The molecule has 0 spiro atoms. The summed E-state index contributed by atoms with van der Waals surface area (Å²) in [6.07, 6.45) is 3.00. The zero-order chi connectivity index (χ0) is 23.1. The Hall–Kier alpha value is -2.25. The van der Waals surface area contributed by atoms with Crippen LogP contribution in [0.1, 0.15) is 18.9 Å². The van der Waals surface area contributed by atoms with Crippen molar-refractivity contribution < 1.29 is 19.1 Å². The highest BCUT2D eigenvalue weighted by atomic mass is 35.5. The van der Waals surface area contributed by atoms with Crippen LogP contribution in [0.5, 0.6) is 5.75 Å². The standard InChI is InChI=1S/C23H23Cl3N2O4/c1-23(28-22(30)14-32-18-6-7-19(25)20(26)10-18)11-17(12-23)27-21(29)13-31-9-8-15-2-4-16(24)5-3-15/h2-7,10-11H,8-9,12-14H2,1H3,(H,27,29)(H,28,30). The van der Waals surface area contributed by atoms with Gasteiger partial charge in [0.15, 0.2) is 6.61 Å². The van der Waals surface area contributed by atoms with Crippen LogP contribution in [0, 0.1) is 0 Å². The van der Waals surface area contributed by atoms with Gasteiger partial charge in [-0.05, 0) is 49.2 Å². The molecule has 1 unspecified atom stereocenters. The Morgan fingerprint density at radius 3 is 2.41 bits per heavy atom. The van der Waals surface area contributed by atoms with Crippen molar-refractivity contribution in [1.29, 1.82) is 0 Å². The van der Waals surface area contributed by atoms with E-state index in [2.05, 4.69) is 10.6 Å². The predicted molar refractivity (Wildman–Crippen MR) is 125 cm³/mol. The molecule has 6 nitrogen and oxygen atoms in total. The van der Waals surface area contributed by atoms with Gasteiger partial charge in [0, 0.05) is 23.2 Å². The first-order valence-corrected chi connectivity index (χ1v) is 11.1. The number of hydrogen-bond donors (Lipinski definition) is 2. The second-order valence-electron chi connectivity index (χ2n) is 7.65. The Bertz CT molecular complexity index is 1010. The van der Waals surface area contributed by atoms with Gasteiger partial charge in [-0.15, -0.1) is 0 Å². The van der Waals surface area contributed by atoms with Crippen molar-refractivity contribution >= 4 is 46.6 Å². The summed E-state index contributed by atoms with van der Waals surface area (Å²) in [7, 11) is 0. The number of nitrogens with one attached hydrogen (secondary N) is 2. The second kappa shape index (κ2) is 11.1. The lowest BCUT2D eigenvalue weighted by Gasteiger charge is -2.37. The number of rotatable bonds is 10. The first-order valence-electron chi connectivity index (χ1n) is 9.95. The Morgan fingerprint density at radius 2 is 1.72 bits per heavy atom. The van der Waals surface area contributed by atoms with Crippen LogP contribution >= 0.6 is 34.8 Å². The van der Waals surface area contributed by atoms with Crippen molar-refractivity contribution in [2.45, 2.75) is 25.3 Å². The Balaban J connectivity index is 1.33. The van der Waals surface area contributed by atoms with Crippen LogP contribution in [0.4, 0.5) is 0 Å². The number of ether oxygens (including phenoxy) is 2. The molecule has 0 saturated carbocycles. The number of carbonyl (C=O) groups is 2. The van der Waals surface area contributed by atoms with Crippen LogP contribution in [0.25, 0.3) is 0 Å². The highest BCUT2D eigenvalue weighted by Gasteiger charge is 2.34. The molecule has 1 atom stereocenters. The molecular weight excluding hydrogens is 475 g/mol. The van der Waals surface area contributed by atoms with Gasteiger partial charge in [0.2, 0.25) is 5.91 Å². The van der Waals surface area contributed by atoms with Crippen LogP contribution in [0.15, 0.2) is 54.2 Å². The van der Waals surface area contributed by atoms with E-state index >= 15 is 0 Å². The topological polar surface area (TPSA) is 76.7 Å². The molecule has 0 aliphatic heterocycles. The molecule has 32 heavy (non-hydrogen) atoms. The van der Waals surface area contributed by atoms with E-state index in [-0.39, 0.29) is 25.0 Å². The van der Waals surface area contributed by atoms with Crippen molar-refractivity contribution in [3.8, 4) is 5.75 Å². The van der Waals surface area contributed by atoms with E-state index in [1.54, 1.807) is 24.3 Å². The maximum Gasteiger partial charge on any atom is 0.258 e. The molecule has 1 aliphatic carbocycles. The molecule has 0 aromatic heterocycles. The average molecular weight is 498 g/mol. The van der Waals surface area contributed by atoms with Gasteiger partial charge in [-0.2, -0.15) is 0 Å². The molecule has 3 rings (SSSR count). The van der Waals surface area contributed by atoms with Gasteiger partial charge in [-0.1, -0.05) is 46.9 Å². The molecule has 1 aliphatic rings. The first-order chi connectivity index (χ1) is 15.2. The average Bonchev–Trinajstić information content (AvgIpc) is 2.72. The minimum atomic E-state index is -0.545. The van der Waals surface area contributed by atoms with E-state index in [1.165, 1.54) is 0 Å². The lowest BCUT2D eigenvalue weighted by atomic mass is 9.84. The van der Waals surface area contributed by atoms with Crippen molar-refractivity contribution in [3.63, 3.8) is 0 Å². The molecule has 9 heteroatoms. The van der Waals surface area contributed by atoms with Crippen LogP contribution in [0.3, 0.4) is 0 Å². The molecule has 2 amide bonds. The number of benzene rings is 2. The molecule has 2 N–H and O–H groups in total. The minimum Gasteiger partial charge on any atom is -0.484 e. The predicted octanol–water partition coefficient (Wildman–Crippen LogP) is 4.56. The monoisotopic (exact) mass is 496 g/mol. The fraction of sp³-hybridized carbons (Fsp3) is 0.304. The highest BCUT2D eigenvalue weighted by Crippen LogP contribution is 2.29. The molecular formula is C23H23Cl3N2O4. The summed E-state index contributed by atoms with van der Waals surface area (Å²) >= 11 is 17.6. The quantitative estimate of drug-likeness (QED) is 0.472. The Labute approximate surface area is 201 Å². The van der Waals surface area contributed by atoms with Crippen molar-refractivity contribution in [2.24, 2.45) is 0 Å². The lowest BCUT2D eigenvalue weighted by Crippen LogP contribution is -2.53. The summed E-state index contributed by atoms with van der Waals surface area (Å²) in [5, 5.41) is 7.12. The van der Waals surface area contributed by atoms with Crippen LogP contribution in [-0.2, 0) is 20.7 Å². The van der Waals surface area contributed by atoms with Gasteiger partial charge >= 0.3 is 0 Å². The Morgan fingerprint density at radius 1 is 1.00 bits per heavy atom. The first kappa shape index (κ1) is 24.4. The number of halogens is 3. The van der Waals surface area contributed by atoms with E-state index in [9.17, 15) is 9.59 Å². The molecule has 0 bridgehead atoms. The third-order valence-electron chi connectivity index (χ3n) is 4.72. The van der Waals surface area contributed by atoms with Gasteiger partial charge in [-0.25, -0.2) is 0 Å². The number of hydrogen-bond acceptors (Lipinski definition) is 4. The number of carbonyl (C=O) groups excluding carboxylic acids is 2. The largest absolute Gasteiger partial charge is 0.484 e. The van der Waals surface area contributed by atoms with Gasteiger partial charge in [0.25, 0.3) is 5.91 Å². The summed E-state index contributed by atoms with van der Waals surface area (Å²) < 4.78 is 10.9. The third-order valence-corrected chi connectivity index (χ3v) is 5.71. The summed E-state index contributed by atoms with van der Waals surface area (Å²) in [6, 6.07) is 12.3. The van der Waals surface area contributed by atoms with Gasteiger partial charge in [-0.3, -0.25) is 9.59 Å². The maximum absolute atomic E-state index is 12.2. The molecule has 0 radical (unpaired) electrons. The van der Waals surface area contributed by atoms with Crippen molar-refractivity contribution in [2.75, 3.05) is 19.8 Å². The third kappa shape index (κ3) is 7.41. The lowest BCUT2D eigenvalue weighted by molar-refractivity contribution is -0.125. The van der Waals surface area contributed by atoms with Crippen LogP contribution < -0.4 is 15.4 Å². The van der Waals surface area contributed by atoms with E-state index < -0.39 is 5.54 Å². The minimum absolute atomic E-state index is 0.0362. The molecule has 0 fully saturated rings. The van der Waals surface area contributed by atoms with Crippen LogP contribution in [0.2, 0.25) is 15.1 Å². The summed E-state index contributed by atoms with van der Waals surface area (Å²) in [5.74, 6) is -0.0673. The summed E-state index contributed by atoms with van der Waals surface area (Å²) in [5.41, 5.74) is 1.28. The van der Waals surface area contributed by atoms with Crippen molar-refractivity contribution in [3.05, 3.63) is 74.9 Å². The smallest absolute Gasteiger partial charge is 0.258 e. The molecule has 0 heterocycles. The summed E-state index contributed by atoms with van der Waals surface area (Å²) in [6.45, 7) is 2.10. The number of amides is 2. The fourth-order valence-corrected chi connectivity index (χ4v) is 3.62. The van der Waals surface area contributed by atoms with Gasteiger partial charge in [0.1, 0.15) is 12.4 Å². The summed E-state index contributed by atoms with van der Waals surface area (Å²) in [4.78, 5) is 24.2. The van der Waals surface area contributed by atoms with Gasteiger partial charge in [0.05, 0.1) is 22.2 Å². The Kier molecular flexibility index (Phi) is 8.43. The molecule has 2 aromatic carbocycles. The highest BCUT2D eigenvalue weighted by molar-refractivity contribution is 6.42. The zero-order valence-corrected chi connectivity index (χ0v) is 19.7. The fourth-order valence-electron chi connectivity index (χ4n) is 3.20. The SMILES string of the molecule is CC1(NC(=O)COc2ccc(Cl)c(Cl)c2)C=C(NC(=O)COCCc2ccc(Cl)cc2)C1. The van der Waals surface area contributed by atoms with E-state index in [0.29, 0.717) is 40.3 Å². The molecule has 2 aromatic rings. The van der Waals surface area contributed by atoms with E-state index in [1.807, 2.05) is 31.2 Å². The van der Waals surface area contributed by atoms with E-state index in [4.69, 9.17) is 44.3 Å². The van der Waals surface area contributed by atoms with Crippen molar-refractivity contribution in [1.82, 2.24) is 10.6 Å². The second-order valence-corrected chi connectivity index (χ2v) is 8.90. The maximum atomic E-state index is 12.2. The zero-order valence-electron chi connectivity index (χ0n) is 17.4. The van der Waals surface area contributed by atoms with E-state index in [0.717, 1.165) is 11.3 Å². The molecule has 170 valence electrons. The normalized spacial score (nSPS) is 17.2. The van der Waals surface area contributed by atoms with Gasteiger partial charge < -0.3 is 20.1 Å².